The van der Waals surface area contributed by atoms with E-state index in [9.17, 15) is 0 Å². The van der Waals surface area contributed by atoms with Gasteiger partial charge in [-0.3, -0.25) is 4.90 Å². The summed E-state index contributed by atoms with van der Waals surface area (Å²) in [5.41, 5.74) is 0. The van der Waals surface area contributed by atoms with Crippen LogP contribution in [0.25, 0.3) is 0 Å². The van der Waals surface area contributed by atoms with Gasteiger partial charge in [-0.2, -0.15) is 0 Å². The lowest BCUT2D eigenvalue weighted by molar-refractivity contribution is -0.0789. The van der Waals surface area contributed by atoms with E-state index in [0.717, 1.165) is 18.2 Å². The molecule has 9 heavy (non-hydrogen) atoms. The second kappa shape index (κ2) is 1.87. The molecule has 2 aliphatic heterocycles. The Hall–Kier alpha value is 0.270. The third-order valence-corrected chi connectivity index (χ3v) is 3.41. The Kier molecular flexibility index (Phi) is 1.25. The van der Waals surface area contributed by atoms with Crippen LogP contribution in [0, 0.1) is 0 Å². The van der Waals surface area contributed by atoms with Crippen LogP contribution in [0.1, 0.15) is 13.3 Å². The van der Waals surface area contributed by atoms with E-state index in [4.69, 9.17) is 5.11 Å². The van der Waals surface area contributed by atoms with E-state index in [1.807, 2.05) is 11.8 Å². The monoisotopic (exact) mass is 145 g/mol. The lowest BCUT2D eigenvalue weighted by Gasteiger charge is -2.39. The van der Waals surface area contributed by atoms with Crippen LogP contribution < -0.4 is 0 Å². The van der Waals surface area contributed by atoms with Crippen molar-refractivity contribution < 1.29 is 5.11 Å². The van der Waals surface area contributed by atoms with Gasteiger partial charge >= 0.3 is 0 Å². The molecule has 3 heteroatoms. The van der Waals surface area contributed by atoms with E-state index in [-0.39, 0.29) is 6.23 Å². The molecule has 0 bridgehead atoms. The standard InChI is InChI=1S/C6H11NOS/c1-4-3-7-5(8)2-6(7)9-4/h4-6,8H,2-3H2,1H3. The molecule has 0 aromatic carbocycles. The van der Waals surface area contributed by atoms with E-state index >= 15 is 0 Å². The molecule has 0 aliphatic carbocycles. The molecule has 0 radical (unpaired) electrons. The van der Waals surface area contributed by atoms with Gasteiger partial charge in [0.1, 0.15) is 6.23 Å². The van der Waals surface area contributed by atoms with E-state index < -0.39 is 0 Å². The Bertz CT molecular complexity index is 130. The predicted octanol–water partition coefficient (Wildman–Crippen LogP) is 0.472. The molecule has 3 unspecified atom stereocenters. The molecule has 0 saturated carbocycles. The average molecular weight is 145 g/mol. The molecule has 0 aromatic rings. The summed E-state index contributed by atoms with van der Waals surface area (Å²) < 4.78 is 0. The Morgan fingerprint density at radius 2 is 2.44 bits per heavy atom. The lowest BCUT2D eigenvalue weighted by Crippen LogP contribution is -2.50. The Labute approximate surface area is 59.2 Å². The van der Waals surface area contributed by atoms with Crippen LogP contribution in [0.15, 0.2) is 0 Å². The predicted molar refractivity (Wildman–Crippen MR) is 38.2 cm³/mol. The summed E-state index contributed by atoms with van der Waals surface area (Å²) in [6.07, 6.45) is 0.863. The van der Waals surface area contributed by atoms with Crippen molar-refractivity contribution >= 4 is 11.8 Å². The zero-order valence-corrected chi connectivity index (χ0v) is 6.27. The lowest BCUT2D eigenvalue weighted by atomic mass is 10.2. The van der Waals surface area contributed by atoms with Gasteiger partial charge < -0.3 is 5.11 Å². The van der Waals surface area contributed by atoms with Crippen molar-refractivity contribution in [2.75, 3.05) is 6.54 Å². The van der Waals surface area contributed by atoms with Crippen molar-refractivity contribution in [1.82, 2.24) is 4.90 Å². The van der Waals surface area contributed by atoms with Crippen molar-refractivity contribution in [2.24, 2.45) is 0 Å². The quantitative estimate of drug-likeness (QED) is 0.536. The average Bonchev–Trinajstić information content (AvgIpc) is 2.08. The first-order valence-corrected chi connectivity index (χ1v) is 4.31. The highest BCUT2D eigenvalue weighted by molar-refractivity contribution is 8.00. The fourth-order valence-electron chi connectivity index (χ4n) is 1.49. The molecular formula is C6H11NOS. The number of aliphatic hydroxyl groups excluding tert-OH is 1. The summed E-state index contributed by atoms with van der Waals surface area (Å²) >= 11 is 1.98. The third kappa shape index (κ3) is 0.791. The summed E-state index contributed by atoms with van der Waals surface area (Å²) in [6, 6.07) is 0. The summed E-state index contributed by atoms with van der Waals surface area (Å²) in [6.45, 7) is 3.30. The van der Waals surface area contributed by atoms with Gasteiger partial charge in [-0.05, 0) is 0 Å². The number of aliphatic hydroxyl groups is 1. The molecule has 3 atom stereocenters. The smallest absolute Gasteiger partial charge is 0.110 e. The Morgan fingerprint density at radius 3 is 2.89 bits per heavy atom. The molecule has 2 fully saturated rings. The second-order valence-electron chi connectivity index (χ2n) is 2.81. The Morgan fingerprint density at radius 1 is 1.67 bits per heavy atom. The summed E-state index contributed by atoms with van der Waals surface area (Å²) in [5, 5.41) is 10.5. The maximum atomic E-state index is 9.15. The molecule has 2 nitrogen and oxygen atoms in total. The maximum absolute atomic E-state index is 9.15. The van der Waals surface area contributed by atoms with Crippen LogP contribution in [0.3, 0.4) is 0 Å². The van der Waals surface area contributed by atoms with Crippen LogP contribution in [0.4, 0.5) is 0 Å². The van der Waals surface area contributed by atoms with Crippen LogP contribution in [0.5, 0.6) is 0 Å². The molecule has 2 saturated heterocycles. The highest BCUT2D eigenvalue weighted by atomic mass is 32.2. The first-order valence-electron chi connectivity index (χ1n) is 3.36. The summed E-state index contributed by atoms with van der Waals surface area (Å²) in [5.74, 6) is 0. The van der Waals surface area contributed by atoms with Crippen LogP contribution in [0.2, 0.25) is 0 Å². The highest BCUT2D eigenvalue weighted by Gasteiger charge is 2.43. The normalized spacial score (nSPS) is 50.7. The van der Waals surface area contributed by atoms with Crippen molar-refractivity contribution in [1.29, 1.82) is 0 Å². The second-order valence-corrected chi connectivity index (χ2v) is 4.44. The number of rotatable bonds is 0. The molecule has 1 N–H and O–H groups in total. The third-order valence-electron chi connectivity index (χ3n) is 2.02. The number of fused-ring (bicyclic) bond motifs is 1. The minimum Gasteiger partial charge on any atom is -0.378 e. The molecule has 2 aliphatic rings. The minimum absolute atomic E-state index is 0.118. The van der Waals surface area contributed by atoms with E-state index in [0.29, 0.717) is 5.37 Å². The van der Waals surface area contributed by atoms with Crippen LogP contribution in [-0.4, -0.2) is 33.4 Å². The number of hydrogen-bond donors (Lipinski definition) is 1. The van der Waals surface area contributed by atoms with Gasteiger partial charge in [0, 0.05) is 18.2 Å². The first kappa shape index (κ1) is 6.01. The van der Waals surface area contributed by atoms with Gasteiger partial charge in [-0.25, -0.2) is 0 Å². The topological polar surface area (TPSA) is 23.5 Å². The van der Waals surface area contributed by atoms with Crippen molar-refractivity contribution in [3.63, 3.8) is 0 Å². The Balaban J connectivity index is 2.00. The first-order chi connectivity index (χ1) is 4.27. The highest BCUT2D eigenvalue weighted by Crippen LogP contribution is 2.41. The molecule has 2 rings (SSSR count). The summed E-state index contributed by atoms with van der Waals surface area (Å²) in [7, 11) is 0. The SMILES string of the molecule is CC1CN2C(O)CC2S1. The van der Waals surface area contributed by atoms with Gasteiger partial charge in [0.25, 0.3) is 0 Å². The van der Waals surface area contributed by atoms with Gasteiger partial charge in [0.15, 0.2) is 0 Å². The van der Waals surface area contributed by atoms with E-state index in [1.165, 1.54) is 0 Å². The zero-order chi connectivity index (χ0) is 6.43. The van der Waals surface area contributed by atoms with Crippen molar-refractivity contribution in [3.8, 4) is 0 Å². The molecule has 0 amide bonds. The largest absolute Gasteiger partial charge is 0.378 e. The zero-order valence-electron chi connectivity index (χ0n) is 5.45. The fourth-order valence-corrected chi connectivity index (χ4v) is 2.95. The molecule has 0 spiro atoms. The molecule has 0 aromatic heterocycles. The molecular weight excluding hydrogens is 134 g/mol. The van der Waals surface area contributed by atoms with E-state index in [1.54, 1.807) is 0 Å². The fraction of sp³-hybridized carbons (Fsp3) is 1.00. The molecule has 52 valence electrons. The number of hydrogen-bond acceptors (Lipinski definition) is 3. The summed E-state index contributed by atoms with van der Waals surface area (Å²) in [4.78, 5) is 2.16. The van der Waals surface area contributed by atoms with Gasteiger partial charge in [-0.1, -0.05) is 6.92 Å². The number of nitrogens with zero attached hydrogens (tertiary/aromatic N) is 1. The maximum Gasteiger partial charge on any atom is 0.110 e. The van der Waals surface area contributed by atoms with Gasteiger partial charge in [0.05, 0.1) is 5.37 Å². The van der Waals surface area contributed by atoms with Crippen LogP contribution in [-0.2, 0) is 0 Å². The van der Waals surface area contributed by atoms with Gasteiger partial charge in [0.2, 0.25) is 0 Å². The molecule has 2 heterocycles. The van der Waals surface area contributed by atoms with E-state index in [2.05, 4.69) is 11.8 Å². The number of thioether (sulfide) groups is 1. The van der Waals surface area contributed by atoms with Crippen molar-refractivity contribution in [3.05, 3.63) is 0 Å². The van der Waals surface area contributed by atoms with Crippen LogP contribution >= 0.6 is 11.8 Å². The minimum atomic E-state index is -0.118. The van der Waals surface area contributed by atoms with Gasteiger partial charge in [-0.15, -0.1) is 11.8 Å². The van der Waals surface area contributed by atoms with Crippen molar-refractivity contribution in [2.45, 2.75) is 30.2 Å².